The van der Waals surface area contributed by atoms with Gasteiger partial charge >= 0.3 is 158 Å². The number of likely N-dealkylation sites (N-methyl/N-ethyl adjacent to an activating group) is 2. The molecule has 8 saturated heterocycles. The smallest absolute Gasteiger partial charge is 0.0594 e. The summed E-state index contributed by atoms with van der Waals surface area (Å²) in [5.41, 5.74) is 9.68. The summed E-state index contributed by atoms with van der Waals surface area (Å²) in [7, 11) is 4.40. The van der Waals surface area contributed by atoms with Crippen molar-refractivity contribution in [2.45, 2.75) is 90.9 Å². The van der Waals surface area contributed by atoms with Crippen molar-refractivity contribution in [3.8, 4) is 0 Å². The van der Waals surface area contributed by atoms with Gasteiger partial charge in [0.25, 0.3) is 0 Å². The van der Waals surface area contributed by atoms with E-state index in [2.05, 4.69) is 260 Å². The molecule has 4 aromatic rings. The topological polar surface area (TPSA) is 126 Å². The van der Waals surface area contributed by atoms with Gasteiger partial charge in [-0.3, -0.25) is 59.1 Å². The predicted molar refractivity (Wildman–Crippen MR) is 401 cm³/mol. The Morgan fingerprint density at radius 3 is 0.702 bits per heavy atom. The summed E-state index contributed by atoms with van der Waals surface area (Å²) < 4.78 is 10.8. The van der Waals surface area contributed by atoms with Crippen LogP contribution in [-0.2, 0) is 106 Å². The number of piperidine rings is 2. The molecule has 2 N–H and O–H groups in total. The van der Waals surface area contributed by atoms with Gasteiger partial charge in [0.2, 0.25) is 0 Å². The van der Waals surface area contributed by atoms with E-state index in [1.807, 2.05) is 0 Å². The summed E-state index contributed by atoms with van der Waals surface area (Å²) in [6, 6.07) is 25.9. The number of aromatic nitrogens is 4. The molecule has 8 aliphatic rings. The first-order chi connectivity index (χ1) is 46.0. The van der Waals surface area contributed by atoms with Gasteiger partial charge in [-0.2, -0.15) is 0 Å². The van der Waals surface area contributed by atoms with Gasteiger partial charge in [-0.05, 0) is 114 Å². The molecule has 8 aliphatic heterocycles. The fraction of sp³-hybridized carbons (Fsp3) is 0.688. The summed E-state index contributed by atoms with van der Waals surface area (Å²) in [4.78, 5) is 44.1. The summed E-state index contributed by atoms with van der Waals surface area (Å²) in [5.74, 6) is 0. The van der Waals surface area contributed by atoms with Crippen LogP contribution in [0.3, 0.4) is 0 Å². The third kappa shape index (κ3) is 40.3. The van der Waals surface area contributed by atoms with Gasteiger partial charge in [0.05, 0.1) is 72.0 Å². The molecule has 0 atom stereocenters. The van der Waals surface area contributed by atoms with Gasteiger partial charge in [-0.15, -0.1) is 0 Å². The first-order valence-electron chi connectivity index (χ1n) is 32.9. The number of hydrogen-bond donors (Lipinski definition) is 2. The molecule has 0 amide bonds. The van der Waals surface area contributed by atoms with E-state index < -0.39 is 0 Å². The van der Waals surface area contributed by atoms with Gasteiger partial charge in [-0.25, -0.2) is 0 Å². The molecule has 8 fully saturated rings. The Balaban J connectivity index is 0.000000214. The number of hydrogen-bond acceptors (Lipinski definition) is 18. The van der Waals surface area contributed by atoms with Crippen LogP contribution in [0.1, 0.15) is 84.1 Å². The monoisotopic (exact) mass is 2000 g/mol. The number of nitrogens with one attached hydrogen (secondary N) is 2. The minimum Gasteiger partial charge on any atom is -0.379 e. The van der Waals surface area contributed by atoms with Gasteiger partial charge < -0.3 is 29.9 Å². The van der Waals surface area contributed by atoms with E-state index in [1.54, 1.807) is 0 Å². The molecule has 4 aromatic heterocycles. The zero-order valence-corrected chi connectivity index (χ0v) is 71.9. The summed E-state index contributed by atoms with van der Waals surface area (Å²) in [6.07, 6.45) is 8.22. The molecule has 30 heteroatoms. The Bertz CT molecular complexity index is 2140. The maximum Gasteiger partial charge on any atom is 0.0594 e. The van der Waals surface area contributed by atoms with E-state index in [1.165, 1.54) is 125 Å². The molecule has 12 heterocycles. The van der Waals surface area contributed by atoms with Crippen LogP contribution in [0.4, 0.5) is 0 Å². The van der Waals surface area contributed by atoms with Crippen LogP contribution in [0.25, 0.3) is 0 Å². The minimum absolute atomic E-state index is 0.841. The van der Waals surface area contributed by atoms with E-state index in [0.717, 1.165) is 239 Å². The molecule has 18 nitrogen and oxygen atoms in total. The Labute approximate surface area is 646 Å². The van der Waals surface area contributed by atoms with Crippen molar-refractivity contribution < 1.29 is 53.9 Å². The van der Waals surface area contributed by atoms with E-state index in [-0.39, 0.29) is 0 Å². The molecule has 0 saturated carbocycles. The first kappa shape index (κ1) is 86.5. The minimum atomic E-state index is 0.841. The molecule has 544 valence electrons. The summed E-state index contributed by atoms with van der Waals surface area (Å²) in [6.45, 7) is 38.5. The van der Waals surface area contributed by atoms with E-state index in [4.69, 9.17) is 29.4 Å². The van der Waals surface area contributed by atoms with Crippen molar-refractivity contribution >= 4 is 113 Å². The quantitative estimate of drug-likeness (QED) is 0.110. The van der Waals surface area contributed by atoms with Gasteiger partial charge in [-0.1, -0.05) is 37.1 Å². The zero-order chi connectivity index (χ0) is 67.1. The second-order valence-electron chi connectivity index (χ2n) is 24.3. The van der Waals surface area contributed by atoms with Crippen LogP contribution >= 0.6 is 113 Å². The van der Waals surface area contributed by atoms with Gasteiger partial charge in [0.1, 0.15) is 0 Å². The molecule has 12 rings (SSSR count). The van der Waals surface area contributed by atoms with Crippen LogP contribution in [0.15, 0.2) is 72.8 Å². The van der Waals surface area contributed by atoms with Crippen molar-refractivity contribution in [3.05, 3.63) is 118 Å². The SMILES string of the molecule is CN1CCN(Cc2cccc(CN3CCN(C)CC3)n2)CC1.[Br][Co][Br].[Br][Co][Br].[Br][Co][Br].[Br][Co][Br].c1cc(CN2CCCCC2)nc(CN2CCCCC2)c1.c1cc(CN2CCNCC2)nc(CN2CCNCC2)c1.c1cc(CN2CCOCC2)nc(CN2CCOCC2)c1. The number of rotatable bonds is 16. The van der Waals surface area contributed by atoms with Crippen molar-refractivity contribution in [3.63, 3.8) is 0 Å². The Morgan fingerprint density at radius 1 is 0.287 bits per heavy atom. The molecular weight excluding hydrogens is 1900 g/mol. The normalized spacial score (nSPS) is 20.4. The van der Waals surface area contributed by atoms with Crippen LogP contribution in [-0.4, -0.2) is 267 Å². The average Bonchev–Trinajstić information content (AvgIpc) is 1.90. The maximum absolute atomic E-state index is 5.38. The Morgan fingerprint density at radius 2 is 0.479 bits per heavy atom. The molecule has 0 aliphatic carbocycles. The average molecular weight is 2000 g/mol. The molecule has 0 radical (unpaired) electrons. The Hall–Kier alpha value is 1.91. The second-order valence-corrected chi connectivity index (χ2v) is 45.3. The van der Waals surface area contributed by atoms with E-state index in [0.29, 0.717) is 0 Å². The second kappa shape index (κ2) is 56.3. The predicted octanol–water partition coefficient (Wildman–Crippen LogP) is 11.0. The fourth-order valence-electron chi connectivity index (χ4n) is 12.2. The molecule has 0 unspecified atom stereocenters. The van der Waals surface area contributed by atoms with Crippen LogP contribution in [0.5, 0.6) is 0 Å². The third-order valence-electron chi connectivity index (χ3n) is 17.3. The van der Waals surface area contributed by atoms with Crippen molar-refractivity contribution in [2.24, 2.45) is 0 Å². The standard InChI is InChI=1S/C17H29N5.C17H27N3.C15H25N5.C15H23N3O2.8BrH.4Co/c1-19-6-10-21(11-7-19)14-16-4-3-5-17(18-16)15-22-12-8-20(2)9-13-22;1-3-10-19(11-4-1)14-16-8-7-9-17(18-16)15-20-12-5-2-6-13-20;1-2-14(12-19-8-4-16-5-9-19)18-15(3-1)13-20-10-6-17-7-11-20;1-2-14(12-17-4-8-19-9-5-17)16-15(3-1)13-18-6-10-20-11-7-18;;;;;;;;;;;;/h3-5H,6-15H2,1-2H3;7-9H,1-6,10-15H2;1-3,16-17H,4-13H2;1-3H,4-13H2;8*1H;;;;/q;;;;;;;;;;;;4*+2/p-8. The summed E-state index contributed by atoms with van der Waals surface area (Å²) in [5, 5.41) is 6.78. The molecular formula is C64H104Br8Co4N16O2. The fourth-order valence-corrected chi connectivity index (χ4v) is 12.2. The number of nitrogens with zero attached hydrogens (tertiary/aromatic N) is 14. The third-order valence-corrected chi connectivity index (χ3v) is 17.3. The van der Waals surface area contributed by atoms with Gasteiger partial charge in [0.15, 0.2) is 0 Å². The zero-order valence-electron chi connectivity index (χ0n) is 55.1. The Kier molecular flexibility index (Phi) is 51.9. The van der Waals surface area contributed by atoms with Crippen molar-refractivity contribution in [1.29, 1.82) is 0 Å². The molecule has 0 aromatic carbocycles. The number of likely N-dealkylation sites (tertiary alicyclic amines) is 2. The molecule has 0 bridgehead atoms. The van der Waals surface area contributed by atoms with E-state index >= 15 is 0 Å². The first-order valence-corrected chi connectivity index (χ1v) is 53.5. The maximum atomic E-state index is 5.38. The van der Waals surface area contributed by atoms with E-state index in [9.17, 15) is 0 Å². The number of piperazine rings is 4. The van der Waals surface area contributed by atoms with Crippen molar-refractivity contribution in [1.82, 2.24) is 79.6 Å². The van der Waals surface area contributed by atoms with Crippen molar-refractivity contribution in [2.75, 3.05) is 198 Å². The number of ether oxygens (including phenoxy) is 2. The molecule has 0 spiro atoms. The number of halogens is 8. The van der Waals surface area contributed by atoms with Crippen LogP contribution in [0, 0.1) is 0 Å². The van der Waals surface area contributed by atoms with Gasteiger partial charge in [0, 0.05) is 183 Å². The van der Waals surface area contributed by atoms with Crippen LogP contribution < -0.4 is 10.6 Å². The summed E-state index contributed by atoms with van der Waals surface area (Å²) >= 11 is 28.5. The number of morpholine rings is 2. The largest absolute Gasteiger partial charge is 0.379 e. The van der Waals surface area contributed by atoms with Crippen LogP contribution in [0.2, 0.25) is 0 Å². The molecule has 94 heavy (non-hydrogen) atoms. The number of pyridine rings is 4.